The Kier molecular flexibility index (Phi) is 5.50. The summed E-state index contributed by atoms with van der Waals surface area (Å²) in [5.41, 5.74) is 5.74. The first kappa shape index (κ1) is 13.9. The molecule has 0 bridgehead atoms. The number of nitrogens with two attached hydrogens (primary N) is 1. The molecule has 2 rings (SSSR count). The molecule has 102 valence electrons. The molecule has 1 aliphatic rings. The van der Waals surface area contributed by atoms with Gasteiger partial charge in [0.1, 0.15) is 0 Å². The minimum Gasteiger partial charge on any atom is -0.339 e. The van der Waals surface area contributed by atoms with E-state index in [2.05, 4.69) is 17.1 Å². The van der Waals surface area contributed by atoms with E-state index in [-0.39, 0.29) is 5.92 Å². The Bertz CT molecular complexity index is 350. The number of hydrogen-bond donors (Lipinski definition) is 1. The van der Waals surface area contributed by atoms with Crippen LogP contribution in [0.25, 0.3) is 0 Å². The molecule has 2 N–H and O–H groups in total. The highest BCUT2D eigenvalue weighted by Gasteiger charge is 2.19. The van der Waals surface area contributed by atoms with E-state index in [9.17, 15) is 0 Å². The van der Waals surface area contributed by atoms with Crippen molar-refractivity contribution in [2.45, 2.75) is 62.4 Å². The topological polar surface area (TPSA) is 64.9 Å². The molecule has 5 heteroatoms. The van der Waals surface area contributed by atoms with Gasteiger partial charge in [0.15, 0.2) is 5.82 Å². The average Bonchev–Trinajstić information content (AvgIpc) is 3.04. The Labute approximate surface area is 113 Å². The van der Waals surface area contributed by atoms with Crippen LogP contribution in [0.3, 0.4) is 0 Å². The Balaban J connectivity index is 1.84. The van der Waals surface area contributed by atoms with Crippen LogP contribution >= 0.6 is 11.8 Å². The standard InChI is InChI=1S/C13H23N3OS/c1-2-5-10(8-14)13-15-12(16-17-13)9-18-11-6-3-4-7-11/h10-11H,2-9,14H2,1H3. The molecule has 0 aliphatic heterocycles. The van der Waals surface area contributed by atoms with Crippen molar-refractivity contribution in [3.63, 3.8) is 0 Å². The first-order chi connectivity index (χ1) is 8.83. The summed E-state index contributed by atoms with van der Waals surface area (Å²) < 4.78 is 5.33. The van der Waals surface area contributed by atoms with Gasteiger partial charge in [0, 0.05) is 11.8 Å². The predicted molar refractivity (Wildman–Crippen MR) is 74.6 cm³/mol. The summed E-state index contributed by atoms with van der Waals surface area (Å²) in [6.07, 6.45) is 7.55. The minimum absolute atomic E-state index is 0.229. The molecule has 0 saturated heterocycles. The minimum atomic E-state index is 0.229. The van der Waals surface area contributed by atoms with Gasteiger partial charge in [-0.05, 0) is 19.3 Å². The summed E-state index contributed by atoms with van der Waals surface area (Å²) >= 11 is 1.97. The highest BCUT2D eigenvalue weighted by molar-refractivity contribution is 7.99. The van der Waals surface area contributed by atoms with E-state index < -0.39 is 0 Å². The maximum absolute atomic E-state index is 5.74. The van der Waals surface area contributed by atoms with Crippen molar-refractivity contribution < 1.29 is 4.52 Å². The van der Waals surface area contributed by atoms with E-state index in [1.165, 1.54) is 25.7 Å². The molecule has 1 aromatic rings. The molecular formula is C13H23N3OS. The Morgan fingerprint density at radius 2 is 2.22 bits per heavy atom. The largest absolute Gasteiger partial charge is 0.339 e. The highest BCUT2D eigenvalue weighted by Crippen LogP contribution is 2.31. The third-order valence-electron chi connectivity index (χ3n) is 3.51. The molecule has 0 radical (unpaired) electrons. The highest BCUT2D eigenvalue weighted by atomic mass is 32.2. The predicted octanol–water partition coefficient (Wildman–Crippen LogP) is 3.09. The Morgan fingerprint density at radius 3 is 2.89 bits per heavy atom. The lowest BCUT2D eigenvalue weighted by molar-refractivity contribution is 0.344. The average molecular weight is 269 g/mol. The lowest BCUT2D eigenvalue weighted by Gasteiger charge is -2.07. The molecule has 1 fully saturated rings. The van der Waals surface area contributed by atoms with E-state index in [0.717, 1.165) is 35.6 Å². The van der Waals surface area contributed by atoms with E-state index in [0.29, 0.717) is 6.54 Å². The van der Waals surface area contributed by atoms with Crippen LogP contribution < -0.4 is 5.73 Å². The second kappa shape index (κ2) is 7.14. The smallest absolute Gasteiger partial charge is 0.231 e. The molecule has 1 atom stereocenters. The maximum atomic E-state index is 5.74. The first-order valence-electron chi connectivity index (χ1n) is 6.97. The third kappa shape index (κ3) is 3.72. The lowest BCUT2D eigenvalue weighted by atomic mass is 10.0. The molecule has 18 heavy (non-hydrogen) atoms. The van der Waals surface area contributed by atoms with Gasteiger partial charge in [0.05, 0.1) is 11.7 Å². The van der Waals surface area contributed by atoms with Gasteiger partial charge in [-0.1, -0.05) is 31.3 Å². The van der Waals surface area contributed by atoms with Crippen LogP contribution in [0.1, 0.15) is 63.1 Å². The summed E-state index contributed by atoms with van der Waals surface area (Å²) in [5.74, 6) is 2.66. The van der Waals surface area contributed by atoms with Crippen molar-refractivity contribution in [3.05, 3.63) is 11.7 Å². The second-order valence-corrected chi connectivity index (χ2v) is 6.28. The van der Waals surface area contributed by atoms with Crippen LogP contribution in [0.4, 0.5) is 0 Å². The van der Waals surface area contributed by atoms with Crippen molar-refractivity contribution in [1.29, 1.82) is 0 Å². The van der Waals surface area contributed by atoms with Gasteiger partial charge < -0.3 is 10.3 Å². The molecule has 0 spiro atoms. The van der Waals surface area contributed by atoms with Crippen LogP contribution in [-0.4, -0.2) is 21.9 Å². The van der Waals surface area contributed by atoms with Crippen molar-refractivity contribution in [2.75, 3.05) is 6.54 Å². The van der Waals surface area contributed by atoms with E-state index in [4.69, 9.17) is 10.3 Å². The van der Waals surface area contributed by atoms with Crippen LogP contribution in [0.15, 0.2) is 4.52 Å². The van der Waals surface area contributed by atoms with Crippen molar-refractivity contribution in [2.24, 2.45) is 5.73 Å². The quantitative estimate of drug-likeness (QED) is 0.824. The number of thioether (sulfide) groups is 1. The first-order valence-corrected chi connectivity index (χ1v) is 8.02. The van der Waals surface area contributed by atoms with E-state index in [1.807, 2.05) is 11.8 Å². The van der Waals surface area contributed by atoms with Crippen molar-refractivity contribution in [1.82, 2.24) is 10.1 Å². The second-order valence-electron chi connectivity index (χ2n) is 4.99. The maximum Gasteiger partial charge on any atom is 0.231 e. The molecule has 1 unspecified atom stereocenters. The molecule has 4 nitrogen and oxygen atoms in total. The normalized spacial score (nSPS) is 18.3. The summed E-state index contributed by atoms with van der Waals surface area (Å²) in [5, 5.41) is 4.86. The van der Waals surface area contributed by atoms with Crippen LogP contribution in [0, 0.1) is 0 Å². The molecule has 1 saturated carbocycles. The summed E-state index contributed by atoms with van der Waals surface area (Å²) in [4.78, 5) is 4.48. The van der Waals surface area contributed by atoms with E-state index in [1.54, 1.807) is 0 Å². The molecule has 0 aromatic carbocycles. The van der Waals surface area contributed by atoms with Crippen molar-refractivity contribution >= 4 is 11.8 Å². The van der Waals surface area contributed by atoms with Gasteiger partial charge in [-0.15, -0.1) is 0 Å². The number of nitrogens with zero attached hydrogens (tertiary/aromatic N) is 2. The van der Waals surface area contributed by atoms with Gasteiger partial charge in [0.25, 0.3) is 0 Å². The van der Waals surface area contributed by atoms with Crippen molar-refractivity contribution in [3.8, 4) is 0 Å². The molecule has 1 heterocycles. The SMILES string of the molecule is CCCC(CN)c1nc(CSC2CCCC2)no1. The van der Waals surface area contributed by atoms with Gasteiger partial charge in [-0.3, -0.25) is 0 Å². The van der Waals surface area contributed by atoms with Gasteiger partial charge in [0.2, 0.25) is 5.89 Å². The Hall–Kier alpha value is -0.550. The van der Waals surface area contributed by atoms with Crippen LogP contribution in [-0.2, 0) is 5.75 Å². The van der Waals surface area contributed by atoms with Crippen LogP contribution in [0.2, 0.25) is 0 Å². The molecular weight excluding hydrogens is 246 g/mol. The zero-order chi connectivity index (χ0) is 12.8. The zero-order valence-corrected chi connectivity index (χ0v) is 11.9. The van der Waals surface area contributed by atoms with E-state index >= 15 is 0 Å². The number of rotatable bonds is 7. The Morgan fingerprint density at radius 1 is 1.44 bits per heavy atom. The monoisotopic (exact) mass is 269 g/mol. The van der Waals surface area contributed by atoms with Gasteiger partial charge in [-0.25, -0.2) is 0 Å². The summed E-state index contributed by atoms with van der Waals surface area (Å²) in [7, 11) is 0. The lowest BCUT2D eigenvalue weighted by Crippen LogP contribution is -2.12. The van der Waals surface area contributed by atoms with Gasteiger partial charge >= 0.3 is 0 Å². The van der Waals surface area contributed by atoms with Gasteiger partial charge in [-0.2, -0.15) is 16.7 Å². The summed E-state index contributed by atoms with van der Waals surface area (Å²) in [6.45, 7) is 2.74. The number of hydrogen-bond acceptors (Lipinski definition) is 5. The zero-order valence-electron chi connectivity index (χ0n) is 11.1. The van der Waals surface area contributed by atoms with Crippen LogP contribution in [0.5, 0.6) is 0 Å². The molecule has 1 aromatic heterocycles. The fraction of sp³-hybridized carbons (Fsp3) is 0.846. The molecule has 1 aliphatic carbocycles. The molecule has 0 amide bonds. The summed E-state index contributed by atoms with van der Waals surface area (Å²) in [6, 6.07) is 0. The number of aromatic nitrogens is 2. The fourth-order valence-corrected chi connectivity index (χ4v) is 3.60. The fourth-order valence-electron chi connectivity index (χ4n) is 2.43. The third-order valence-corrected chi connectivity index (χ3v) is 4.87.